The minimum absolute atomic E-state index is 0.215. The van der Waals surface area contributed by atoms with Crippen LogP contribution in [0.4, 0.5) is 0 Å². The largest absolute Gasteiger partial charge is 0.369 e. The fourth-order valence-electron chi connectivity index (χ4n) is 1.68. The molecule has 82 valence electrons. The van der Waals surface area contributed by atoms with E-state index in [1.54, 1.807) is 0 Å². The third kappa shape index (κ3) is 1.95. The highest BCUT2D eigenvalue weighted by Gasteiger charge is 2.13. The number of carbonyl (C=O) groups is 1. The Morgan fingerprint density at radius 1 is 1.38 bits per heavy atom. The summed E-state index contributed by atoms with van der Waals surface area (Å²) in [5.74, 6) is -0.346. The summed E-state index contributed by atoms with van der Waals surface area (Å²) < 4.78 is 0. The molecule has 0 atom stereocenters. The van der Waals surface area contributed by atoms with Crippen LogP contribution < -0.4 is 5.73 Å². The molecule has 4 nitrogen and oxygen atoms in total. The molecular weight excluding hydrogens is 202 g/mol. The summed E-state index contributed by atoms with van der Waals surface area (Å²) in [7, 11) is 0. The normalized spacial score (nSPS) is 10.3. The average Bonchev–Trinajstić information content (AvgIpc) is 2.61. The number of nitrogens with zero attached hydrogens (tertiary/aromatic N) is 1. The van der Waals surface area contributed by atoms with Gasteiger partial charge in [-0.2, -0.15) is 5.10 Å². The number of carbonyl (C=O) groups excluding carboxylic acids is 1. The van der Waals surface area contributed by atoms with Crippen LogP contribution in [-0.2, 0) is 11.2 Å². The summed E-state index contributed by atoms with van der Waals surface area (Å²) in [5.41, 5.74) is 8.77. The summed E-state index contributed by atoms with van der Waals surface area (Å²) in [6.07, 6.45) is 0.215. The van der Waals surface area contributed by atoms with Crippen molar-refractivity contribution in [3.05, 3.63) is 41.6 Å². The number of aryl methyl sites for hydroxylation is 1. The van der Waals surface area contributed by atoms with E-state index >= 15 is 0 Å². The predicted octanol–water partition coefficient (Wildman–Crippen LogP) is 1.41. The number of hydrogen-bond donors (Lipinski definition) is 2. The van der Waals surface area contributed by atoms with Crippen LogP contribution in [0.1, 0.15) is 11.3 Å². The van der Waals surface area contributed by atoms with Gasteiger partial charge in [0.05, 0.1) is 12.1 Å². The molecule has 0 bridgehead atoms. The molecule has 1 heterocycles. The second-order valence-corrected chi connectivity index (χ2v) is 3.68. The van der Waals surface area contributed by atoms with Crippen molar-refractivity contribution in [3.63, 3.8) is 0 Å². The van der Waals surface area contributed by atoms with Crippen LogP contribution in [0.5, 0.6) is 0 Å². The highest BCUT2D eigenvalue weighted by Crippen LogP contribution is 2.23. The fourth-order valence-corrected chi connectivity index (χ4v) is 1.68. The number of rotatable bonds is 3. The monoisotopic (exact) mass is 215 g/mol. The smallest absolute Gasteiger partial charge is 0.221 e. The Morgan fingerprint density at radius 2 is 2.06 bits per heavy atom. The Morgan fingerprint density at radius 3 is 2.69 bits per heavy atom. The minimum Gasteiger partial charge on any atom is -0.369 e. The van der Waals surface area contributed by atoms with Crippen LogP contribution >= 0.6 is 0 Å². The van der Waals surface area contributed by atoms with Gasteiger partial charge in [0.15, 0.2) is 0 Å². The first-order chi connectivity index (χ1) is 7.68. The molecule has 2 aromatic rings. The highest BCUT2D eigenvalue weighted by atomic mass is 16.1. The van der Waals surface area contributed by atoms with Crippen molar-refractivity contribution in [1.82, 2.24) is 10.2 Å². The van der Waals surface area contributed by atoms with Gasteiger partial charge in [0.2, 0.25) is 5.91 Å². The van der Waals surface area contributed by atoms with Crippen molar-refractivity contribution in [1.29, 1.82) is 0 Å². The molecule has 0 saturated carbocycles. The number of nitrogens with one attached hydrogen (secondary N) is 1. The Hall–Kier alpha value is -2.10. The molecule has 0 aliphatic rings. The molecule has 0 aliphatic carbocycles. The van der Waals surface area contributed by atoms with Crippen LogP contribution in [0.15, 0.2) is 30.3 Å². The molecule has 0 unspecified atom stereocenters. The lowest BCUT2D eigenvalue weighted by molar-refractivity contribution is -0.117. The van der Waals surface area contributed by atoms with Gasteiger partial charge in [-0.05, 0) is 6.92 Å². The van der Waals surface area contributed by atoms with Gasteiger partial charge in [0.25, 0.3) is 0 Å². The van der Waals surface area contributed by atoms with Gasteiger partial charge >= 0.3 is 0 Å². The lowest BCUT2D eigenvalue weighted by Crippen LogP contribution is -2.14. The van der Waals surface area contributed by atoms with E-state index in [1.807, 2.05) is 37.3 Å². The maximum absolute atomic E-state index is 11.0. The van der Waals surface area contributed by atoms with E-state index in [1.165, 1.54) is 0 Å². The van der Waals surface area contributed by atoms with Gasteiger partial charge in [0, 0.05) is 16.8 Å². The Bertz CT molecular complexity index is 502. The number of aromatic nitrogens is 2. The fraction of sp³-hybridized carbons (Fsp3) is 0.167. The van der Waals surface area contributed by atoms with E-state index < -0.39 is 0 Å². The molecule has 1 aromatic heterocycles. The first-order valence-electron chi connectivity index (χ1n) is 5.06. The van der Waals surface area contributed by atoms with E-state index in [2.05, 4.69) is 10.2 Å². The number of H-pyrrole nitrogens is 1. The molecule has 0 fully saturated rings. The maximum Gasteiger partial charge on any atom is 0.221 e. The molecule has 16 heavy (non-hydrogen) atoms. The molecular formula is C12H13N3O. The van der Waals surface area contributed by atoms with E-state index in [4.69, 9.17) is 5.73 Å². The van der Waals surface area contributed by atoms with Gasteiger partial charge in [-0.3, -0.25) is 9.89 Å². The lowest BCUT2D eigenvalue weighted by atomic mass is 10.0. The van der Waals surface area contributed by atoms with Gasteiger partial charge in [0.1, 0.15) is 0 Å². The number of amides is 1. The maximum atomic E-state index is 11.0. The summed E-state index contributed by atoms with van der Waals surface area (Å²) in [5, 5.41) is 7.09. The second-order valence-electron chi connectivity index (χ2n) is 3.68. The third-order valence-electron chi connectivity index (χ3n) is 2.47. The van der Waals surface area contributed by atoms with Crippen molar-refractivity contribution in [2.75, 3.05) is 0 Å². The SMILES string of the molecule is Cc1[nH]nc(-c2ccccc2)c1CC(N)=O. The molecule has 2 rings (SSSR count). The van der Waals surface area contributed by atoms with Crippen molar-refractivity contribution in [3.8, 4) is 11.3 Å². The Kier molecular flexibility index (Phi) is 2.72. The van der Waals surface area contributed by atoms with E-state index in [-0.39, 0.29) is 12.3 Å². The number of aromatic amines is 1. The average molecular weight is 215 g/mol. The first kappa shape index (κ1) is 10.4. The van der Waals surface area contributed by atoms with Crippen molar-refractivity contribution in [2.24, 2.45) is 5.73 Å². The Balaban J connectivity index is 2.46. The summed E-state index contributed by atoms with van der Waals surface area (Å²) >= 11 is 0. The van der Waals surface area contributed by atoms with E-state index in [0.29, 0.717) is 0 Å². The van der Waals surface area contributed by atoms with Crippen LogP contribution in [0.3, 0.4) is 0 Å². The number of nitrogens with two attached hydrogens (primary N) is 1. The topological polar surface area (TPSA) is 71.8 Å². The summed E-state index contributed by atoms with van der Waals surface area (Å²) in [4.78, 5) is 11.0. The lowest BCUT2D eigenvalue weighted by Gasteiger charge is -2.01. The van der Waals surface area contributed by atoms with Crippen molar-refractivity contribution >= 4 is 5.91 Å². The van der Waals surface area contributed by atoms with Crippen LogP contribution in [0, 0.1) is 6.92 Å². The Labute approximate surface area is 93.5 Å². The van der Waals surface area contributed by atoms with Crippen LogP contribution in [0.2, 0.25) is 0 Å². The predicted molar refractivity (Wildman–Crippen MR) is 61.7 cm³/mol. The number of hydrogen-bond acceptors (Lipinski definition) is 2. The molecule has 4 heteroatoms. The quantitative estimate of drug-likeness (QED) is 0.812. The summed E-state index contributed by atoms with van der Waals surface area (Å²) in [6.45, 7) is 1.89. The third-order valence-corrected chi connectivity index (χ3v) is 2.47. The summed E-state index contributed by atoms with van der Waals surface area (Å²) in [6, 6.07) is 9.73. The zero-order chi connectivity index (χ0) is 11.5. The zero-order valence-electron chi connectivity index (χ0n) is 9.03. The van der Waals surface area contributed by atoms with E-state index in [0.717, 1.165) is 22.5 Å². The van der Waals surface area contributed by atoms with Crippen molar-refractivity contribution < 1.29 is 4.79 Å². The van der Waals surface area contributed by atoms with Crippen LogP contribution in [0.25, 0.3) is 11.3 Å². The first-order valence-corrected chi connectivity index (χ1v) is 5.06. The minimum atomic E-state index is -0.346. The molecule has 3 N–H and O–H groups in total. The molecule has 1 amide bonds. The zero-order valence-corrected chi connectivity index (χ0v) is 9.03. The van der Waals surface area contributed by atoms with E-state index in [9.17, 15) is 4.79 Å². The van der Waals surface area contributed by atoms with Gasteiger partial charge in [-0.15, -0.1) is 0 Å². The van der Waals surface area contributed by atoms with Gasteiger partial charge in [-0.25, -0.2) is 0 Å². The number of benzene rings is 1. The highest BCUT2D eigenvalue weighted by molar-refractivity contribution is 5.80. The second kappa shape index (κ2) is 4.18. The van der Waals surface area contributed by atoms with Crippen molar-refractivity contribution in [2.45, 2.75) is 13.3 Å². The van der Waals surface area contributed by atoms with Gasteiger partial charge < -0.3 is 5.73 Å². The molecule has 0 aliphatic heterocycles. The molecule has 0 spiro atoms. The molecule has 0 saturated heterocycles. The number of primary amides is 1. The van der Waals surface area contributed by atoms with Gasteiger partial charge in [-0.1, -0.05) is 30.3 Å². The molecule has 0 radical (unpaired) electrons. The van der Waals surface area contributed by atoms with Crippen LogP contribution in [-0.4, -0.2) is 16.1 Å². The molecule has 1 aromatic carbocycles. The standard InChI is InChI=1S/C12H13N3O/c1-8-10(7-11(13)16)12(15-14-8)9-5-3-2-4-6-9/h2-6H,7H2,1H3,(H2,13,16)(H,14,15).